The summed E-state index contributed by atoms with van der Waals surface area (Å²) < 4.78 is 97.3. The van der Waals surface area contributed by atoms with E-state index in [1.165, 1.54) is 0 Å². The summed E-state index contributed by atoms with van der Waals surface area (Å²) in [4.78, 5) is 0. The van der Waals surface area contributed by atoms with Gasteiger partial charge in [0.15, 0.2) is 23.3 Å². The van der Waals surface area contributed by atoms with Crippen LogP contribution in [0.4, 0.5) is 35.1 Å². The summed E-state index contributed by atoms with van der Waals surface area (Å²) in [7, 11) is 0. The fourth-order valence-corrected chi connectivity index (χ4v) is 1.46. The minimum absolute atomic E-state index is 2.27. The van der Waals surface area contributed by atoms with Gasteiger partial charge in [-0.05, 0) is 0 Å². The second-order valence-electron chi connectivity index (χ2n) is 3.00. The summed E-state index contributed by atoms with van der Waals surface area (Å²) in [6.07, 6.45) is -5.73. The van der Waals surface area contributed by atoms with Crippen LogP contribution in [0.5, 0.6) is 0 Å². The molecule has 18 heavy (non-hydrogen) atoms. The molecule has 0 aliphatic heterocycles. The minimum atomic E-state index is -5.73. The Bertz CT molecular complexity index is 446. The maximum atomic E-state index is 13.2. The van der Waals surface area contributed by atoms with Crippen LogP contribution in [0.2, 0.25) is 0 Å². The summed E-state index contributed by atoms with van der Waals surface area (Å²) >= 11 is 9.16. The topological polar surface area (TPSA) is 0 Å². The lowest BCUT2D eigenvalue weighted by Gasteiger charge is -2.17. The van der Waals surface area contributed by atoms with Crippen molar-refractivity contribution in [2.45, 2.75) is 10.8 Å². The second kappa shape index (κ2) is 4.41. The smallest absolute Gasteiger partial charge is 0.206 e. The molecule has 0 bridgehead atoms. The maximum Gasteiger partial charge on any atom is 0.422 e. The van der Waals surface area contributed by atoms with Gasteiger partial charge in [0.1, 0.15) is 5.56 Å². The van der Waals surface area contributed by atoms with E-state index in [2.05, 4.69) is 23.2 Å². The minimum Gasteiger partial charge on any atom is -0.206 e. The van der Waals surface area contributed by atoms with Crippen LogP contribution in [0.25, 0.3) is 0 Å². The molecule has 0 saturated carbocycles. The molecule has 0 spiro atoms. The molecule has 0 unspecified atom stereocenters. The van der Waals surface area contributed by atoms with Crippen LogP contribution < -0.4 is 0 Å². The van der Waals surface area contributed by atoms with Gasteiger partial charge in [-0.15, -0.1) is 0 Å². The van der Waals surface area contributed by atoms with Gasteiger partial charge in [-0.1, -0.05) is 23.2 Å². The second-order valence-corrected chi connectivity index (χ2v) is 4.24. The highest BCUT2D eigenvalue weighted by Crippen LogP contribution is 2.44. The molecule has 1 aromatic rings. The molecular formula is C8Cl2F8. The summed E-state index contributed by atoms with van der Waals surface area (Å²) in [5, 5.41) is 0. The van der Waals surface area contributed by atoms with E-state index in [1.807, 2.05) is 0 Å². The molecule has 0 atom stereocenters. The van der Waals surface area contributed by atoms with Gasteiger partial charge in [0.25, 0.3) is 4.59 Å². The highest BCUT2D eigenvalue weighted by atomic mass is 35.5. The number of benzene rings is 1. The van der Waals surface area contributed by atoms with Crippen LogP contribution in [0, 0.1) is 23.3 Å². The number of hydrogen-bond donors (Lipinski definition) is 0. The van der Waals surface area contributed by atoms with Crippen molar-refractivity contribution in [1.29, 1.82) is 0 Å². The first-order valence-electron chi connectivity index (χ1n) is 3.89. The quantitative estimate of drug-likeness (QED) is 0.301. The third-order valence-corrected chi connectivity index (χ3v) is 2.21. The molecule has 1 aromatic carbocycles. The highest BCUT2D eigenvalue weighted by Gasteiger charge is 2.46. The molecule has 0 aliphatic carbocycles. The molecule has 0 heterocycles. The molecule has 0 aromatic heterocycles. The fraction of sp³-hybridized carbons (Fsp3) is 0.250. The molecule has 10 heteroatoms. The van der Waals surface area contributed by atoms with E-state index >= 15 is 0 Å². The summed E-state index contributed by atoms with van der Waals surface area (Å²) in [6.45, 7) is 0. The van der Waals surface area contributed by atoms with Crippen LogP contribution in [0.1, 0.15) is 11.1 Å². The van der Waals surface area contributed by atoms with Crippen molar-refractivity contribution < 1.29 is 35.1 Å². The Morgan fingerprint density at radius 1 is 0.611 bits per heavy atom. The number of rotatable bonds is 1. The van der Waals surface area contributed by atoms with E-state index in [-0.39, 0.29) is 0 Å². The predicted octanol–water partition coefficient (Wildman–Crippen LogP) is 4.82. The van der Waals surface area contributed by atoms with Crippen molar-refractivity contribution in [2.75, 3.05) is 0 Å². The van der Waals surface area contributed by atoms with Gasteiger partial charge in [-0.3, -0.25) is 0 Å². The lowest BCUT2D eigenvalue weighted by Crippen LogP contribution is -2.20. The number of halogens is 10. The largest absolute Gasteiger partial charge is 0.422 e. The third-order valence-electron chi connectivity index (χ3n) is 1.83. The fourth-order valence-electron chi connectivity index (χ4n) is 1.13. The van der Waals surface area contributed by atoms with E-state index in [0.717, 1.165) is 0 Å². The summed E-state index contributed by atoms with van der Waals surface area (Å²) in [6, 6.07) is 0. The predicted molar refractivity (Wildman–Crippen MR) is 45.8 cm³/mol. The van der Waals surface area contributed by atoms with Crippen LogP contribution in [0.15, 0.2) is 0 Å². The molecule has 0 fully saturated rings. The number of hydrogen-bond acceptors (Lipinski definition) is 0. The lowest BCUT2D eigenvalue weighted by atomic mass is 10.1. The first-order valence-corrected chi connectivity index (χ1v) is 4.65. The molecule has 0 aliphatic rings. The molecule has 102 valence electrons. The standard InChI is InChI=1S/C8Cl2F8/c9-7(10,15)1-3(11)2(8(16,17)18)5(13)6(14)4(1)12. The third kappa shape index (κ3) is 2.49. The van der Waals surface area contributed by atoms with Crippen LogP contribution in [-0.4, -0.2) is 0 Å². The van der Waals surface area contributed by atoms with E-state index < -0.39 is 45.2 Å². The first-order chi connectivity index (χ1) is 7.89. The van der Waals surface area contributed by atoms with Gasteiger partial charge >= 0.3 is 6.18 Å². The normalized spacial score (nSPS) is 13.0. The van der Waals surface area contributed by atoms with Crippen molar-refractivity contribution in [2.24, 2.45) is 0 Å². The molecule has 0 saturated heterocycles. The highest BCUT2D eigenvalue weighted by molar-refractivity contribution is 6.46. The molecule has 0 N–H and O–H groups in total. The molecule has 1 rings (SSSR count). The van der Waals surface area contributed by atoms with Gasteiger partial charge in [-0.2, -0.15) is 13.2 Å². The van der Waals surface area contributed by atoms with Crippen molar-refractivity contribution in [3.8, 4) is 0 Å². The van der Waals surface area contributed by atoms with Crippen molar-refractivity contribution >= 4 is 23.2 Å². The molecular weight excluding hydrogens is 319 g/mol. The summed E-state index contributed by atoms with van der Waals surface area (Å²) in [5.41, 5.74) is -5.09. The van der Waals surface area contributed by atoms with Gasteiger partial charge in [0.2, 0.25) is 0 Å². The Morgan fingerprint density at radius 2 is 1.00 bits per heavy atom. The maximum absolute atomic E-state index is 13.2. The van der Waals surface area contributed by atoms with E-state index in [0.29, 0.717) is 0 Å². The molecule has 0 amide bonds. The SMILES string of the molecule is Fc1c(F)c(C(F)(F)F)c(F)c(C(F)(Cl)Cl)c1F. The molecule has 0 nitrogen and oxygen atoms in total. The average molecular weight is 319 g/mol. The monoisotopic (exact) mass is 318 g/mol. The van der Waals surface area contributed by atoms with Crippen LogP contribution in [0.3, 0.4) is 0 Å². The van der Waals surface area contributed by atoms with Crippen molar-refractivity contribution in [3.05, 3.63) is 34.4 Å². The Hall–Kier alpha value is -0.760. The van der Waals surface area contributed by atoms with Gasteiger partial charge in [0, 0.05) is 0 Å². The average Bonchev–Trinajstić information content (AvgIpc) is 2.09. The van der Waals surface area contributed by atoms with E-state index in [9.17, 15) is 35.1 Å². The lowest BCUT2D eigenvalue weighted by molar-refractivity contribution is -0.143. The Kier molecular flexibility index (Phi) is 3.75. The molecule has 0 radical (unpaired) electrons. The van der Waals surface area contributed by atoms with Crippen molar-refractivity contribution in [1.82, 2.24) is 0 Å². The number of alkyl halides is 6. The Labute approximate surface area is 104 Å². The van der Waals surface area contributed by atoms with Crippen LogP contribution in [-0.2, 0) is 10.8 Å². The Balaban J connectivity index is 3.83. The van der Waals surface area contributed by atoms with Crippen molar-refractivity contribution in [3.63, 3.8) is 0 Å². The van der Waals surface area contributed by atoms with E-state index in [4.69, 9.17) is 0 Å². The Morgan fingerprint density at radius 3 is 1.33 bits per heavy atom. The van der Waals surface area contributed by atoms with Gasteiger partial charge in [0.05, 0.1) is 5.56 Å². The summed E-state index contributed by atoms with van der Waals surface area (Å²) in [5.74, 6) is -10.9. The van der Waals surface area contributed by atoms with Gasteiger partial charge < -0.3 is 0 Å². The van der Waals surface area contributed by atoms with Crippen LogP contribution >= 0.6 is 23.2 Å². The zero-order valence-electron chi connectivity index (χ0n) is 7.78. The van der Waals surface area contributed by atoms with E-state index in [1.54, 1.807) is 0 Å². The zero-order chi connectivity index (χ0) is 14.5. The van der Waals surface area contributed by atoms with Gasteiger partial charge in [-0.25, -0.2) is 22.0 Å². The zero-order valence-corrected chi connectivity index (χ0v) is 9.29. The first kappa shape index (κ1) is 15.3.